The van der Waals surface area contributed by atoms with E-state index in [1.54, 1.807) is 24.3 Å². The number of hydrogen-bond donors (Lipinski definition) is 5. The second kappa shape index (κ2) is 11.3. The maximum Gasteiger partial charge on any atom is 0.262 e. The largest absolute Gasteiger partial charge is 0.457 e. The minimum atomic E-state index is -1.57. The lowest BCUT2D eigenvalue weighted by Gasteiger charge is -2.38. The summed E-state index contributed by atoms with van der Waals surface area (Å²) < 4.78 is 6.68. The molecule has 0 saturated carbocycles. The lowest BCUT2D eigenvalue weighted by atomic mass is 9.69. The fourth-order valence-electron chi connectivity index (χ4n) is 6.86. The van der Waals surface area contributed by atoms with Gasteiger partial charge in [-0.25, -0.2) is 0 Å². The zero-order valence-corrected chi connectivity index (χ0v) is 25.8. The van der Waals surface area contributed by atoms with Gasteiger partial charge in [0.15, 0.2) is 5.78 Å². The number of hydrogen-bond acceptors (Lipinski definition) is 9. The number of Topliss-reactive ketones (excluding diaryl/α,β-unsaturated/α-hetero) is 1. The van der Waals surface area contributed by atoms with Gasteiger partial charge in [-0.05, 0) is 79.8 Å². The number of anilines is 1. The van der Waals surface area contributed by atoms with E-state index in [1.165, 1.54) is 11.3 Å². The SMILES string of the molecule is Cc1cc(Oc2ccccc2)ccc1C1(N)C(=O)C(N)c2c(C(=O)N[C@@H]3CCCN(C(=O)[C@H]4CCN4)C3)sc3c(N)ccc1c23. The highest BCUT2D eigenvalue weighted by molar-refractivity contribution is 7.21. The van der Waals surface area contributed by atoms with Crippen molar-refractivity contribution in [3.63, 3.8) is 0 Å². The van der Waals surface area contributed by atoms with Crippen LogP contribution in [0.1, 0.15) is 57.2 Å². The number of thiophene rings is 1. The first kappa shape index (κ1) is 29.4. The van der Waals surface area contributed by atoms with Crippen molar-refractivity contribution >= 4 is 44.7 Å². The van der Waals surface area contributed by atoms with E-state index in [4.69, 9.17) is 21.9 Å². The molecule has 2 fully saturated rings. The number of piperidine rings is 1. The Labute approximate surface area is 264 Å². The summed E-state index contributed by atoms with van der Waals surface area (Å²) in [4.78, 5) is 43.1. The van der Waals surface area contributed by atoms with Gasteiger partial charge in [-0.3, -0.25) is 14.4 Å². The monoisotopic (exact) mass is 624 g/mol. The summed E-state index contributed by atoms with van der Waals surface area (Å²) in [6.45, 7) is 3.85. The molecular formula is C34H36N6O4S. The van der Waals surface area contributed by atoms with Crippen molar-refractivity contribution in [1.29, 1.82) is 0 Å². The average molecular weight is 625 g/mol. The van der Waals surface area contributed by atoms with Gasteiger partial charge >= 0.3 is 0 Å². The molecule has 1 aromatic heterocycles. The molecule has 3 aliphatic rings. The van der Waals surface area contributed by atoms with Crippen LogP contribution in [0.15, 0.2) is 60.7 Å². The van der Waals surface area contributed by atoms with Gasteiger partial charge in [0.05, 0.1) is 21.7 Å². The smallest absolute Gasteiger partial charge is 0.262 e. The molecule has 4 atom stereocenters. The number of nitrogens with one attached hydrogen (secondary N) is 2. The zero-order chi connectivity index (χ0) is 31.5. The Kier molecular flexibility index (Phi) is 7.36. The molecule has 0 radical (unpaired) electrons. The molecule has 0 spiro atoms. The highest BCUT2D eigenvalue weighted by Gasteiger charge is 2.49. The van der Waals surface area contributed by atoms with Crippen molar-refractivity contribution in [2.75, 3.05) is 25.4 Å². The van der Waals surface area contributed by atoms with E-state index in [9.17, 15) is 14.4 Å². The number of nitrogen functional groups attached to an aromatic ring is 1. The standard InChI is InChI=1S/C34H36N6O4S/c1-18-16-21(44-20-7-3-2-4-8-20)9-10-22(18)34(37)23-11-12-24(35)29-26(23)27(28(36)31(34)41)30(45-29)32(42)39-19-6-5-15-40(17-19)33(43)25-13-14-38-25/h2-4,7-12,16,19,25,28,38H,5-6,13-15,17,35-37H2,1H3,(H,39,42)/t19-,25-,28?,34?/m1/s1. The van der Waals surface area contributed by atoms with Crippen molar-refractivity contribution in [2.45, 2.75) is 49.9 Å². The molecule has 4 aromatic rings. The minimum absolute atomic E-state index is 0.0800. The Bertz CT molecular complexity index is 1840. The van der Waals surface area contributed by atoms with Crippen LogP contribution in [0.4, 0.5) is 5.69 Å². The van der Waals surface area contributed by atoms with E-state index < -0.39 is 17.4 Å². The summed E-state index contributed by atoms with van der Waals surface area (Å²) in [6.07, 6.45) is 2.38. The summed E-state index contributed by atoms with van der Waals surface area (Å²) in [6, 6.07) is 16.9. The molecular weight excluding hydrogens is 588 g/mol. The first-order valence-corrected chi connectivity index (χ1v) is 16.1. The Morgan fingerprint density at radius 2 is 1.82 bits per heavy atom. The lowest BCUT2D eigenvalue weighted by molar-refractivity contribution is -0.136. The topological polar surface area (TPSA) is 166 Å². The van der Waals surface area contributed by atoms with Gasteiger partial charge in [-0.1, -0.05) is 30.3 Å². The molecule has 3 aromatic carbocycles. The average Bonchev–Trinajstić information content (AvgIpc) is 3.41. The van der Waals surface area contributed by atoms with Crippen molar-refractivity contribution < 1.29 is 19.1 Å². The Hall–Kier alpha value is -4.29. The highest BCUT2D eigenvalue weighted by Crippen LogP contribution is 2.50. The van der Waals surface area contributed by atoms with Gasteiger partial charge in [-0.15, -0.1) is 11.3 Å². The summed E-state index contributed by atoms with van der Waals surface area (Å²) in [5, 5.41) is 6.94. The van der Waals surface area contributed by atoms with Crippen LogP contribution >= 0.6 is 11.3 Å². The summed E-state index contributed by atoms with van der Waals surface area (Å²) in [7, 11) is 0. The number of ketones is 1. The Balaban J connectivity index is 1.23. The number of nitrogens with zero attached hydrogens (tertiary/aromatic N) is 1. The van der Waals surface area contributed by atoms with Gasteiger partial charge in [0, 0.05) is 35.8 Å². The molecule has 7 rings (SSSR count). The molecule has 8 N–H and O–H groups in total. The van der Waals surface area contributed by atoms with Gasteiger partial charge < -0.3 is 37.5 Å². The number of amides is 2. The van der Waals surface area contributed by atoms with Gasteiger partial charge in [0.2, 0.25) is 5.91 Å². The van der Waals surface area contributed by atoms with Crippen LogP contribution < -0.4 is 32.6 Å². The summed E-state index contributed by atoms with van der Waals surface area (Å²) in [5.74, 6) is 0.652. The van der Waals surface area contributed by atoms with Crippen LogP contribution in [0.3, 0.4) is 0 Å². The molecule has 10 nitrogen and oxygen atoms in total. The number of benzene rings is 3. The van der Waals surface area contributed by atoms with Gasteiger partial charge in [0.25, 0.3) is 5.91 Å². The van der Waals surface area contributed by atoms with E-state index in [2.05, 4.69) is 10.6 Å². The van der Waals surface area contributed by atoms with Crippen LogP contribution in [-0.4, -0.2) is 54.2 Å². The van der Waals surface area contributed by atoms with E-state index >= 15 is 0 Å². The second-order valence-electron chi connectivity index (χ2n) is 12.2. The highest BCUT2D eigenvalue weighted by atomic mass is 32.1. The number of ether oxygens (including phenoxy) is 1. The van der Waals surface area contributed by atoms with E-state index in [-0.39, 0.29) is 23.9 Å². The number of likely N-dealkylation sites (tertiary alicyclic amines) is 1. The quantitative estimate of drug-likeness (QED) is 0.204. The molecule has 0 bridgehead atoms. The van der Waals surface area contributed by atoms with Crippen molar-refractivity contribution in [3.05, 3.63) is 87.8 Å². The number of carbonyl (C=O) groups is 3. The van der Waals surface area contributed by atoms with Crippen molar-refractivity contribution in [2.24, 2.45) is 11.5 Å². The Morgan fingerprint density at radius 1 is 1.07 bits per heavy atom. The zero-order valence-electron chi connectivity index (χ0n) is 25.0. The first-order valence-electron chi connectivity index (χ1n) is 15.3. The lowest BCUT2D eigenvalue weighted by Crippen LogP contribution is -2.58. The van der Waals surface area contributed by atoms with Crippen molar-refractivity contribution in [1.82, 2.24) is 15.5 Å². The van der Waals surface area contributed by atoms with Crippen LogP contribution in [0.25, 0.3) is 10.1 Å². The van der Waals surface area contributed by atoms with Crippen LogP contribution in [-0.2, 0) is 15.1 Å². The first-order chi connectivity index (χ1) is 21.7. The van der Waals surface area contributed by atoms with E-state index in [0.717, 1.165) is 31.4 Å². The Morgan fingerprint density at radius 3 is 2.53 bits per heavy atom. The molecule has 2 aliphatic heterocycles. The number of carbonyl (C=O) groups excluding carboxylic acids is 3. The predicted molar refractivity (Wildman–Crippen MR) is 174 cm³/mol. The molecule has 11 heteroatoms. The molecule has 232 valence electrons. The minimum Gasteiger partial charge on any atom is -0.457 e. The number of nitrogens with two attached hydrogens (primary N) is 3. The predicted octanol–water partition coefficient (Wildman–Crippen LogP) is 3.45. The summed E-state index contributed by atoms with van der Waals surface area (Å²) in [5.41, 5.74) is 21.5. The van der Waals surface area contributed by atoms with Gasteiger partial charge in [0.1, 0.15) is 17.0 Å². The molecule has 1 aliphatic carbocycles. The second-order valence-corrected chi connectivity index (χ2v) is 13.2. The third-order valence-corrected chi connectivity index (χ3v) is 10.6. The summed E-state index contributed by atoms with van der Waals surface area (Å²) >= 11 is 1.22. The number of para-hydroxylation sites is 1. The molecule has 2 unspecified atom stereocenters. The van der Waals surface area contributed by atoms with Crippen LogP contribution in [0.5, 0.6) is 11.5 Å². The van der Waals surface area contributed by atoms with Crippen LogP contribution in [0, 0.1) is 6.92 Å². The molecule has 2 amide bonds. The fraction of sp³-hybridized carbons (Fsp3) is 0.324. The number of rotatable bonds is 6. The fourth-order valence-corrected chi connectivity index (χ4v) is 8.06. The van der Waals surface area contributed by atoms with Crippen LogP contribution in [0.2, 0.25) is 0 Å². The normalized spacial score (nSPS) is 24.3. The molecule has 3 heterocycles. The van der Waals surface area contributed by atoms with Crippen molar-refractivity contribution in [3.8, 4) is 11.5 Å². The molecule has 45 heavy (non-hydrogen) atoms. The van der Waals surface area contributed by atoms with Gasteiger partial charge in [-0.2, -0.15) is 0 Å². The third kappa shape index (κ3) is 4.87. The number of aryl methyl sites for hydroxylation is 1. The maximum absolute atomic E-state index is 14.3. The third-order valence-electron chi connectivity index (χ3n) is 9.31. The van der Waals surface area contributed by atoms with E-state index in [1.807, 2.05) is 48.2 Å². The maximum atomic E-state index is 14.3. The van der Waals surface area contributed by atoms with E-state index in [0.29, 0.717) is 61.9 Å². The molecule has 2 saturated heterocycles.